The summed E-state index contributed by atoms with van der Waals surface area (Å²) in [5.74, 6) is -4.14. The van der Waals surface area contributed by atoms with Crippen LogP contribution in [0.25, 0.3) is 11.3 Å². The first-order valence-corrected chi connectivity index (χ1v) is 11.2. The molecule has 176 valence electrons. The van der Waals surface area contributed by atoms with Crippen molar-refractivity contribution >= 4 is 11.6 Å². The number of nitrogens with one attached hydrogen (secondary N) is 1. The summed E-state index contributed by atoms with van der Waals surface area (Å²) in [6, 6.07) is 4.47. The van der Waals surface area contributed by atoms with Crippen molar-refractivity contribution in [3.63, 3.8) is 0 Å². The number of alkyl halides is 2. The molecule has 10 heteroatoms. The van der Waals surface area contributed by atoms with Gasteiger partial charge < -0.3 is 10.1 Å². The number of rotatable bonds is 6. The first-order chi connectivity index (χ1) is 16.4. The lowest BCUT2D eigenvalue weighted by molar-refractivity contribution is -0.0384. The van der Waals surface area contributed by atoms with Crippen LogP contribution in [0.5, 0.6) is 6.01 Å². The van der Waals surface area contributed by atoms with Crippen molar-refractivity contribution in [3.05, 3.63) is 60.1 Å². The van der Waals surface area contributed by atoms with Gasteiger partial charge in [0.15, 0.2) is 0 Å². The number of anilines is 1. The molecule has 2 saturated carbocycles. The molecule has 2 aliphatic carbocycles. The van der Waals surface area contributed by atoms with Crippen LogP contribution in [0.2, 0.25) is 0 Å². The number of nitrogens with zero attached hydrogens (tertiary/aromatic N) is 4. The summed E-state index contributed by atoms with van der Waals surface area (Å²) >= 11 is 0. The lowest BCUT2D eigenvalue weighted by Crippen LogP contribution is -2.25. The van der Waals surface area contributed by atoms with Crippen LogP contribution < -0.4 is 10.1 Å². The van der Waals surface area contributed by atoms with E-state index in [2.05, 4.69) is 25.3 Å². The molecular weight excluding hydrogens is 447 g/mol. The van der Waals surface area contributed by atoms with Crippen molar-refractivity contribution in [1.29, 1.82) is 0 Å². The minimum absolute atomic E-state index is 0.0343. The molecule has 1 amide bonds. The van der Waals surface area contributed by atoms with E-state index in [0.717, 1.165) is 12.8 Å². The maximum absolute atomic E-state index is 14.6. The average molecular weight is 469 g/mol. The Kier molecular flexibility index (Phi) is 5.89. The highest BCUT2D eigenvalue weighted by Crippen LogP contribution is 2.44. The van der Waals surface area contributed by atoms with E-state index in [1.54, 1.807) is 6.07 Å². The highest BCUT2D eigenvalue weighted by atomic mass is 19.3. The Hall–Kier alpha value is -3.56. The molecule has 2 fully saturated rings. The van der Waals surface area contributed by atoms with Gasteiger partial charge in [-0.05, 0) is 43.9 Å². The van der Waals surface area contributed by atoms with Gasteiger partial charge in [-0.25, -0.2) is 23.1 Å². The summed E-state index contributed by atoms with van der Waals surface area (Å²) in [7, 11) is 0. The fraction of sp³-hybridized carbons (Fsp3) is 0.375. The Labute approximate surface area is 193 Å². The minimum Gasteiger partial charge on any atom is -0.460 e. The van der Waals surface area contributed by atoms with E-state index < -0.39 is 17.6 Å². The van der Waals surface area contributed by atoms with Crippen LogP contribution in [0.1, 0.15) is 60.5 Å². The van der Waals surface area contributed by atoms with Crippen LogP contribution in [0.4, 0.5) is 18.9 Å². The van der Waals surface area contributed by atoms with Crippen LogP contribution >= 0.6 is 0 Å². The molecule has 0 spiro atoms. The number of pyridine rings is 2. The Morgan fingerprint density at radius 1 is 1.00 bits per heavy atom. The molecule has 34 heavy (non-hydrogen) atoms. The third-order valence-electron chi connectivity index (χ3n) is 6.02. The Morgan fingerprint density at radius 2 is 1.74 bits per heavy atom. The number of hydrogen-bond donors (Lipinski definition) is 1. The van der Waals surface area contributed by atoms with E-state index in [4.69, 9.17) is 4.74 Å². The number of halogens is 3. The highest BCUT2D eigenvalue weighted by molar-refractivity contribution is 6.06. The highest BCUT2D eigenvalue weighted by Gasteiger charge is 2.37. The van der Waals surface area contributed by atoms with E-state index in [1.807, 2.05) is 0 Å². The fourth-order valence-corrected chi connectivity index (χ4v) is 4.03. The average Bonchev–Trinajstić information content (AvgIpc) is 3.64. The van der Waals surface area contributed by atoms with Gasteiger partial charge in [0.05, 0.1) is 16.9 Å². The first-order valence-electron chi connectivity index (χ1n) is 11.2. The van der Waals surface area contributed by atoms with E-state index in [-0.39, 0.29) is 60.7 Å². The second kappa shape index (κ2) is 9.00. The quantitative estimate of drug-likeness (QED) is 0.537. The Balaban J connectivity index is 1.48. The van der Waals surface area contributed by atoms with Gasteiger partial charge in [0, 0.05) is 49.1 Å². The van der Waals surface area contributed by atoms with Crippen molar-refractivity contribution < 1.29 is 22.7 Å². The maximum Gasteiger partial charge on any atom is 0.316 e. The smallest absolute Gasteiger partial charge is 0.316 e. The molecule has 0 saturated heterocycles. The van der Waals surface area contributed by atoms with Gasteiger partial charge in [-0.15, -0.1) is 0 Å². The molecule has 3 aromatic rings. The monoisotopic (exact) mass is 469 g/mol. The summed E-state index contributed by atoms with van der Waals surface area (Å²) in [5, 5.41) is 2.80. The summed E-state index contributed by atoms with van der Waals surface area (Å²) in [5.41, 5.74) is 1.20. The molecule has 0 unspecified atom stereocenters. The SMILES string of the molecule is O=C(Nc1c(-c2ncccc2F)ccnc1C1CCC(F)(F)CC1)c1cnc(OC2CC2)nc1. The molecule has 0 aromatic carbocycles. The molecule has 0 bridgehead atoms. The third-order valence-corrected chi connectivity index (χ3v) is 6.02. The molecule has 2 aliphatic rings. The zero-order valence-electron chi connectivity index (χ0n) is 18.2. The van der Waals surface area contributed by atoms with Crippen molar-refractivity contribution in [2.75, 3.05) is 5.32 Å². The molecule has 7 nitrogen and oxygen atoms in total. The predicted octanol–water partition coefficient (Wildman–Crippen LogP) is 5.16. The van der Waals surface area contributed by atoms with Gasteiger partial charge in [0.1, 0.15) is 17.6 Å². The van der Waals surface area contributed by atoms with Gasteiger partial charge >= 0.3 is 6.01 Å². The molecule has 5 rings (SSSR count). The van der Waals surface area contributed by atoms with Crippen LogP contribution in [0.15, 0.2) is 43.0 Å². The number of amides is 1. The maximum atomic E-state index is 14.6. The van der Waals surface area contributed by atoms with Gasteiger partial charge in [-0.1, -0.05) is 0 Å². The summed E-state index contributed by atoms with van der Waals surface area (Å²) in [6.07, 6.45) is 7.50. The Bertz CT molecular complexity index is 1190. The van der Waals surface area contributed by atoms with Gasteiger partial charge in [-0.2, -0.15) is 0 Å². The number of aromatic nitrogens is 4. The fourth-order valence-electron chi connectivity index (χ4n) is 4.03. The van der Waals surface area contributed by atoms with Crippen LogP contribution in [-0.4, -0.2) is 37.9 Å². The zero-order chi connectivity index (χ0) is 23.7. The third kappa shape index (κ3) is 4.85. The summed E-state index contributed by atoms with van der Waals surface area (Å²) in [4.78, 5) is 29.8. The number of hydrogen-bond acceptors (Lipinski definition) is 6. The van der Waals surface area contributed by atoms with E-state index >= 15 is 0 Å². The largest absolute Gasteiger partial charge is 0.460 e. The van der Waals surface area contributed by atoms with Crippen molar-refractivity contribution in [3.8, 4) is 17.3 Å². The molecule has 3 aromatic heterocycles. The predicted molar refractivity (Wildman–Crippen MR) is 117 cm³/mol. The molecule has 0 radical (unpaired) electrons. The second-order valence-corrected chi connectivity index (χ2v) is 8.61. The van der Waals surface area contributed by atoms with E-state index in [1.165, 1.54) is 36.9 Å². The van der Waals surface area contributed by atoms with Gasteiger partial charge in [0.25, 0.3) is 5.91 Å². The molecular formula is C24H22F3N5O2. The minimum atomic E-state index is -2.72. The lowest BCUT2D eigenvalue weighted by Gasteiger charge is -2.29. The zero-order valence-corrected chi connectivity index (χ0v) is 18.2. The molecule has 1 N–H and O–H groups in total. The molecule has 0 aliphatic heterocycles. The van der Waals surface area contributed by atoms with E-state index in [9.17, 15) is 18.0 Å². The van der Waals surface area contributed by atoms with Gasteiger partial charge in [0.2, 0.25) is 5.92 Å². The van der Waals surface area contributed by atoms with Gasteiger partial charge in [-0.3, -0.25) is 14.8 Å². The van der Waals surface area contributed by atoms with E-state index in [0.29, 0.717) is 11.3 Å². The summed E-state index contributed by atoms with van der Waals surface area (Å²) < 4.78 is 47.7. The van der Waals surface area contributed by atoms with Crippen molar-refractivity contribution in [2.45, 2.75) is 56.5 Å². The van der Waals surface area contributed by atoms with Crippen LogP contribution in [-0.2, 0) is 0 Å². The van der Waals surface area contributed by atoms with Crippen molar-refractivity contribution in [1.82, 2.24) is 19.9 Å². The second-order valence-electron chi connectivity index (χ2n) is 8.61. The van der Waals surface area contributed by atoms with Crippen LogP contribution in [0, 0.1) is 5.82 Å². The Morgan fingerprint density at radius 3 is 2.41 bits per heavy atom. The first kappa shape index (κ1) is 22.2. The topological polar surface area (TPSA) is 89.9 Å². The lowest BCUT2D eigenvalue weighted by atomic mass is 9.83. The van der Waals surface area contributed by atoms with Crippen molar-refractivity contribution in [2.24, 2.45) is 0 Å². The standard InChI is InChI=1S/C24H22F3N5O2/c25-18-2-1-10-28-20(18)17-7-11-29-19(14-5-8-24(26,27)9-6-14)21(17)32-22(33)15-12-30-23(31-13-15)34-16-3-4-16/h1-2,7,10-14,16H,3-6,8-9H2,(H,32,33). The summed E-state index contributed by atoms with van der Waals surface area (Å²) in [6.45, 7) is 0. The molecule has 0 atom stereocenters. The van der Waals surface area contributed by atoms with Crippen LogP contribution in [0.3, 0.4) is 0 Å². The molecule has 3 heterocycles. The number of carbonyl (C=O) groups is 1. The number of carbonyl (C=O) groups excluding carboxylic acids is 1. The normalized spacial score (nSPS) is 17.9. The number of ether oxygens (including phenoxy) is 1.